The lowest BCUT2D eigenvalue weighted by atomic mass is 9.95. The Morgan fingerprint density at radius 2 is 1.89 bits per heavy atom. The molecule has 0 spiro atoms. The number of rotatable bonds is 0. The van der Waals surface area contributed by atoms with Crippen LogP contribution >= 0.6 is 0 Å². The van der Waals surface area contributed by atoms with Crippen molar-refractivity contribution in [3.63, 3.8) is 0 Å². The SMILES string of the molecule is Cc1ccc2c(c1)[C@@H]1Cc3ccccc3[C@@H]1N2C. The minimum Gasteiger partial charge on any atom is -0.367 e. The summed E-state index contributed by atoms with van der Waals surface area (Å²) in [7, 11) is 2.24. The van der Waals surface area contributed by atoms with E-state index in [1.165, 1.54) is 28.8 Å². The van der Waals surface area contributed by atoms with E-state index in [1.54, 1.807) is 5.56 Å². The largest absolute Gasteiger partial charge is 0.367 e. The number of fused-ring (bicyclic) bond motifs is 5. The van der Waals surface area contributed by atoms with Gasteiger partial charge in [-0.3, -0.25) is 0 Å². The average Bonchev–Trinajstić information content (AvgIpc) is 2.87. The highest BCUT2D eigenvalue weighted by atomic mass is 15.2. The molecule has 0 aromatic heterocycles. The number of aryl methyl sites for hydroxylation is 1. The smallest absolute Gasteiger partial charge is 0.0614 e. The van der Waals surface area contributed by atoms with Crippen LogP contribution in [0, 0.1) is 6.92 Å². The molecule has 0 saturated heterocycles. The van der Waals surface area contributed by atoms with Crippen LogP contribution in [-0.4, -0.2) is 7.05 Å². The average molecular weight is 235 g/mol. The van der Waals surface area contributed by atoms with Gasteiger partial charge in [-0.15, -0.1) is 0 Å². The van der Waals surface area contributed by atoms with Crippen molar-refractivity contribution in [3.05, 3.63) is 64.7 Å². The van der Waals surface area contributed by atoms with Gasteiger partial charge in [0.15, 0.2) is 0 Å². The number of benzene rings is 2. The summed E-state index contributed by atoms with van der Waals surface area (Å²) >= 11 is 0. The third-order valence-electron chi connectivity index (χ3n) is 4.57. The van der Waals surface area contributed by atoms with Gasteiger partial charge in [-0.25, -0.2) is 0 Å². The maximum Gasteiger partial charge on any atom is 0.0614 e. The molecule has 18 heavy (non-hydrogen) atoms. The van der Waals surface area contributed by atoms with E-state index in [9.17, 15) is 0 Å². The van der Waals surface area contributed by atoms with Gasteiger partial charge in [0.1, 0.15) is 0 Å². The first-order chi connectivity index (χ1) is 8.75. The van der Waals surface area contributed by atoms with Gasteiger partial charge < -0.3 is 4.90 Å². The monoisotopic (exact) mass is 235 g/mol. The van der Waals surface area contributed by atoms with E-state index in [-0.39, 0.29) is 0 Å². The number of hydrogen-bond acceptors (Lipinski definition) is 1. The van der Waals surface area contributed by atoms with E-state index < -0.39 is 0 Å². The van der Waals surface area contributed by atoms with Gasteiger partial charge in [-0.2, -0.15) is 0 Å². The van der Waals surface area contributed by atoms with Crippen molar-refractivity contribution in [2.24, 2.45) is 0 Å². The fourth-order valence-electron chi connectivity index (χ4n) is 3.77. The topological polar surface area (TPSA) is 3.24 Å². The van der Waals surface area contributed by atoms with Crippen LogP contribution in [0.2, 0.25) is 0 Å². The molecule has 1 heterocycles. The number of likely N-dealkylation sites (N-methyl/N-ethyl adjacent to an activating group) is 1. The van der Waals surface area contributed by atoms with E-state index >= 15 is 0 Å². The molecule has 2 aromatic rings. The number of anilines is 1. The molecule has 1 aliphatic carbocycles. The summed E-state index contributed by atoms with van der Waals surface area (Å²) in [6.45, 7) is 2.19. The van der Waals surface area contributed by atoms with Crippen molar-refractivity contribution >= 4 is 5.69 Å². The molecule has 0 fully saturated rings. The molecule has 90 valence electrons. The van der Waals surface area contributed by atoms with Gasteiger partial charge >= 0.3 is 0 Å². The van der Waals surface area contributed by atoms with E-state index in [2.05, 4.69) is 61.3 Å². The standard InChI is InChI=1S/C17H17N/c1-11-7-8-16-14(9-11)15-10-12-5-3-4-6-13(12)17(15)18(16)2/h3-9,15,17H,10H2,1-2H3/t15-,17-/m0/s1. The van der Waals surface area contributed by atoms with Crippen molar-refractivity contribution in [3.8, 4) is 0 Å². The zero-order chi connectivity index (χ0) is 12.3. The Morgan fingerprint density at radius 1 is 1.06 bits per heavy atom. The Labute approximate surface area is 108 Å². The van der Waals surface area contributed by atoms with Crippen LogP contribution < -0.4 is 4.90 Å². The predicted octanol–water partition coefficient (Wildman–Crippen LogP) is 3.83. The summed E-state index contributed by atoms with van der Waals surface area (Å²) in [5.74, 6) is 0.655. The van der Waals surface area contributed by atoms with Crippen LogP contribution in [0.1, 0.15) is 34.2 Å². The van der Waals surface area contributed by atoms with Gasteiger partial charge in [0.25, 0.3) is 0 Å². The van der Waals surface area contributed by atoms with Gasteiger partial charge in [0, 0.05) is 18.7 Å². The zero-order valence-electron chi connectivity index (χ0n) is 10.9. The molecule has 1 heteroatoms. The normalized spacial score (nSPS) is 23.8. The van der Waals surface area contributed by atoms with Crippen LogP contribution in [0.5, 0.6) is 0 Å². The molecule has 2 aromatic carbocycles. The first-order valence-electron chi connectivity index (χ1n) is 6.67. The summed E-state index contributed by atoms with van der Waals surface area (Å²) in [6, 6.07) is 16.4. The molecule has 0 bridgehead atoms. The molecule has 0 N–H and O–H groups in total. The van der Waals surface area contributed by atoms with Crippen molar-refractivity contribution in [2.45, 2.75) is 25.3 Å². The minimum atomic E-state index is 0.554. The Morgan fingerprint density at radius 3 is 2.78 bits per heavy atom. The fourth-order valence-corrected chi connectivity index (χ4v) is 3.77. The predicted molar refractivity (Wildman–Crippen MR) is 75.2 cm³/mol. The number of nitrogens with zero attached hydrogens (tertiary/aromatic N) is 1. The van der Waals surface area contributed by atoms with Gasteiger partial charge in [-0.05, 0) is 36.1 Å². The molecule has 1 nitrogen and oxygen atoms in total. The molecule has 0 unspecified atom stereocenters. The first-order valence-corrected chi connectivity index (χ1v) is 6.67. The van der Waals surface area contributed by atoms with Crippen LogP contribution in [-0.2, 0) is 6.42 Å². The van der Waals surface area contributed by atoms with Crippen molar-refractivity contribution in [1.82, 2.24) is 0 Å². The Kier molecular flexibility index (Phi) is 1.91. The molecule has 0 amide bonds. The second-order valence-corrected chi connectivity index (χ2v) is 5.63. The van der Waals surface area contributed by atoms with Gasteiger partial charge in [0.05, 0.1) is 6.04 Å². The summed E-state index contributed by atoms with van der Waals surface area (Å²) in [5, 5.41) is 0. The van der Waals surface area contributed by atoms with Crippen LogP contribution in [0.4, 0.5) is 5.69 Å². The highest BCUT2D eigenvalue weighted by Crippen LogP contribution is 2.54. The Balaban J connectivity index is 1.90. The van der Waals surface area contributed by atoms with E-state index in [1.807, 2.05) is 0 Å². The Hall–Kier alpha value is -1.76. The zero-order valence-corrected chi connectivity index (χ0v) is 10.9. The molecule has 0 radical (unpaired) electrons. The first kappa shape index (κ1) is 10.2. The minimum absolute atomic E-state index is 0.554. The second kappa shape index (κ2) is 3.38. The van der Waals surface area contributed by atoms with Crippen LogP contribution in [0.25, 0.3) is 0 Å². The van der Waals surface area contributed by atoms with E-state index in [4.69, 9.17) is 0 Å². The van der Waals surface area contributed by atoms with Gasteiger partial charge in [-0.1, -0.05) is 42.0 Å². The summed E-state index contributed by atoms with van der Waals surface area (Å²) < 4.78 is 0. The van der Waals surface area contributed by atoms with Crippen molar-refractivity contribution in [1.29, 1.82) is 0 Å². The Bertz CT molecular complexity index is 629. The molecule has 0 saturated carbocycles. The second-order valence-electron chi connectivity index (χ2n) is 5.63. The lowest BCUT2D eigenvalue weighted by Gasteiger charge is -2.22. The molecular weight excluding hydrogens is 218 g/mol. The number of hydrogen-bond donors (Lipinski definition) is 0. The van der Waals surface area contributed by atoms with E-state index in [0.717, 1.165) is 0 Å². The van der Waals surface area contributed by atoms with E-state index in [0.29, 0.717) is 12.0 Å². The molecule has 2 atom stereocenters. The lowest BCUT2D eigenvalue weighted by molar-refractivity contribution is 0.618. The lowest BCUT2D eigenvalue weighted by Crippen LogP contribution is -2.19. The van der Waals surface area contributed by atoms with Crippen molar-refractivity contribution in [2.75, 3.05) is 11.9 Å². The molecule has 4 rings (SSSR count). The maximum absolute atomic E-state index is 2.46. The van der Waals surface area contributed by atoms with Crippen LogP contribution in [0.3, 0.4) is 0 Å². The van der Waals surface area contributed by atoms with Crippen LogP contribution in [0.15, 0.2) is 42.5 Å². The summed E-state index contributed by atoms with van der Waals surface area (Å²) in [6.07, 6.45) is 1.20. The molecule has 1 aliphatic heterocycles. The third-order valence-corrected chi connectivity index (χ3v) is 4.57. The summed E-state index contributed by atoms with van der Waals surface area (Å²) in [5.41, 5.74) is 7.40. The van der Waals surface area contributed by atoms with Crippen molar-refractivity contribution < 1.29 is 0 Å². The molecular formula is C17H17N. The highest BCUT2D eigenvalue weighted by molar-refractivity contribution is 5.66. The quantitative estimate of drug-likeness (QED) is 0.671. The molecule has 2 aliphatic rings. The third kappa shape index (κ3) is 1.17. The highest BCUT2D eigenvalue weighted by Gasteiger charge is 2.42. The fraction of sp³-hybridized carbons (Fsp3) is 0.294. The van der Waals surface area contributed by atoms with Gasteiger partial charge in [0.2, 0.25) is 0 Å². The summed E-state index contributed by atoms with van der Waals surface area (Å²) in [4.78, 5) is 2.46. The maximum atomic E-state index is 2.46.